The van der Waals surface area contributed by atoms with Gasteiger partial charge in [-0.25, -0.2) is 4.98 Å². The highest BCUT2D eigenvalue weighted by atomic mass is 32.1. The molecule has 0 atom stereocenters. The van der Waals surface area contributed by atoms with Crippen LogP contribution in [0.2, 0.25) is 0 Å². The van der Waals surface area contributed by atoms with E-state index in [1.807, 2.05) is 0 Å². The van der Waals surface area contributed by atoms with Gasteiger partial charge in [0.1, 0.15) is 0 Å². The summed E-state index contributed by atoms with van der Waals surface area (Å²) in [7, 11) is 0. The van der Waals surface area contributed by atoms with Crippen LogP contribution < -0.4 is 0 Å². The molecule has 1 aromatic heterocycles. The smallest absolute Gasteiger partial charge is 0.178 e. The Morgan fingerprint density at radius 1 is 1.53 bits per heavy atom. The van der Waals surface area contributed by atoms with Crippen molar-refractivity contribution in [2.45, 2.75) is 13.0 Å². The number of hydrogen-bond acceptors (Lipinski definition) is 6. The molecule has 0 aliphatic carbocycles. The van der Waals surface area contributed by atoms with Crippen molar-refractivity contribution < 1.29 is 14.6 Å². The van der Waals surface area contributed by atoms with Crippen molar-refractivity contribution in [1.29, 1.82) is 0 Å². The van der Waals surface area contributed by atoms with Crippen LogP contribution in [0.5, 0.6) is 0 Å². The van der Waals surface area contributed by atoms with Crippen molar-refractivity contribution in [1.82, 2.24) is 9.88 Å². The van der Waals surface area contributed by atoms with Gasteiger partial charge in [0, 0.05) is 30.9 Å². The first kappa shape index (κ1) is 12.6. The second kappa shape index (κ2) is 6.20. The number of ether oxygens (including phenoxy) is 1. The van der Waals surface area contributed by atoms with Gasteiger partial charge in [0.05, 0.1) is 25.5 Å². The Morgan fingerprint density at radius 2 is 2.41 bits per heavy atom. The van der Waals surface area contributed by atoms with Crippen LogP contribution in [0.4, 0.5) is 0 Å². The Labute approximate surface area is 104 Å². The number of aliphatic hydroxyl groups excluding tert-OH is 1. The van der Waals surface area contributed by atoms with Gasteiger partial charge in [-0.3, -0.25) is 9.69 Å². The Hall–Kier alpha value is -0.820. The summed E-state index contributed by atoms with van der Waals surface area (Å²) in [6.45, 7) is 3.76. The molecule has 0 bridgehead atoms. The lowest BCUT2D eigenvalue weighted by atomic mass is 10.2. The summed E-state index contributed by atoms with van der Waals surface area (Å²) in [6, 6.07) is 0. The zero-order valence-corrected chi connectivity index (χ0v) is 10.4. The van der Waals surface area contributed by atoms with Crippen LogP contribution in [0.1, 0.15) is 20.4 Å². The normalized spacial score (nSPS) is 15.8. The molecule has 5 nitrogen and oxygen atoms in total. The van der Waals surface area contributed by atoms with E-state index >= 15 is 0 Å². The molecule has 94 valence electrons. The molecule has 1 aliphatic rings. The van der Waals surface area contributed by atoms with Crippen LogP contribution in [0, 0.1) is 0 Å². The quantitative estimate of drug-likeness (QED) is 0.587. The summed E-state index contributed by atoms with van der Waals surface area (Å²) < 4.78 is 5.24. The molecule has 2 heterocycles. The summed E-state index contributed by atoms with van der Waals surface area (Å²) in [4.78, 5) is 18.4. The van der Waals surface area contributed by atoms with Crippen LogP contribution in [0.15, 0.2) is 0 Å². The number of aromatic nitrogens is 1. The molecule has 17 heavy (non-hydrogen) atoms. The van der Waals surface area contributed by atoms with Gasteiger partial charge >= 0.3 is 0 Å². The lowest BCUT2D eigenvalue weighted by molar-refractivity contribution is 0.0711. The van der Waals surface area contributed by atoms with E-state index in [0.29, 0.717) is 18.2 Å². The Morgan fingerprint density at radius 3 is 3.18 bits per heavy atom. The summed E-state index contributed by atoms with van der Waals surface area (Å²) in [5.41, 5.74) is 1.07. The third-order valence-electron chi connectivity index (χ3n) is 2.72. The highest BCUT2D eigenvalue weighted by molar-refractivity contribution is 7.13. The van der Waals surface area contributed by atoms with Gasteiger partial charge in [-0.05, 0) is 0 Å². The number of fused-ring (bicyclic) bond motifs is 1. The molecule has 0 fully saturated rings. The second-order valence-electron chi connectivity index (χ2n) is 3.90. The summed E-state index contributed by atoms with van der Waals surface area (Å²) in [5.74, 6) is 0. The molecular formula is C11H16N2O3S. The number of aldehydes is 1. The number of carbonyl (C=O) groups is 1. The maximum absolute atomic E-state index is 10.6. The Kier molecular flexibility index (Phi) is 4.61. The highest BCUT2D eigenvalue weighted by Gasteiger charge is 2.20. The van der Waals surface area contributed by atoms with E-state index in [0.717, 1.165) is 38.0 Å². The number of thiazole rings is 1. The third kappa shape index (κ3) is 3.32. The van der Waals surface area contributed by atoms with Gasteiger partial charge in [0.25, 0.3) is 0 Å². The summed E-state index contributed by atoms with van der Waals surface area (Å²) >= 11 is 1.48. The van der Waals surface area contributed by atoms with Crippen LogP contribution >= 0.6 is 11.3 Å². The fourth-order valence-corrected chi connectivity index (χ4v) is 2.84. The molecule has 6 heteroatoms. The zero-order chi connectivity index (χ0) is 12.1. The van der Waals surface area contributed by atoms with Gasteiger partial charge in [0.2, 0.25) is 0 Å². The summed E-state index contributed by atoms with van der Waals surface area (Å²) in [5, 5.41) is 9.16. The fourth-order valence-electron chi connectivity index (χ4n) is 1.87. The van der Waals surface area contributed by atoms with Crippen LogP contribution in [-0.2, 0) is 17.7 Å². The van der Waals surface area contributed by atoms with E-state index in [2.05, 4.69) is 9.88 Å². The summed E-state index contributed by atoms with van der Waals surface area (Å²) in [6.07, 6.45) is 1.72. The molecule has 2 rings (SSSR count). The van der Waals surface area contributed by atoms with Crippen LogP contribution in [0.25, 0.3) is 0 Å². The SMILES string of the molecule is O=Cc1nc2c(s1)CN(CCOCCO)CC2. The number of carbonyl (C=O) groups excluding carboxylic acids is 1. The Bertz CT molecular complexity index is 381. The van der Waals surface area contributed by atoms with Gasteiger partial charge in [-0.1, -0.05) is 0 Å². The van der Waals surface area contributed by atoms with E-state index in [4.69, 9.17) is 9.84 Å². The molecule has 0 spiro atoms. The largest absolute Gasteiger partial charge is 0.394 e. The molecule has 0 aromatic carbocycles. The van der Waals surface area contributed by atoms with Crippen molar-refractivity contribution in [2.75, 3.05) is 32.9 Å². The zero-order valence-electron chi connectivity index (χ0n) is 9.59. The third-order valence-corrected chi connectivity index (χ3v) is 3.72. The van der Waals surface area contributed by atoms with Gasteiger partial charge in [-0.2, -0.15) is 0 Å². The maximum atomic E-state index is 10.6. The van der Waals surface area contributed by atoms with Crippen LogP contribution in [0.3, 0.4) is 0 Å². The van der Waals surface area contributed by atoms with E-state index in [-0.39, 0.29) is 6.61 Å². The van der Waals surface area contributed by atoms with Crippen LogP contribution in [-0.4, -0.2) is 54.2 Å². The van der Waals surface area contributed by atoms with E-state index in [1.54, 1.807) is 0 Å². The predicted molar refractivity (Wildman–Crippen MR) is 64.4 cm³/mol. The predicted octanol–water partition coefficient (Wildman–Crippen LogP) is 0.323. The fraction of sp³-hybridized carbons (Fsp3) is 0.636. The van der Waals surface area contributed by atoms with Crippen molar-refractivity contribution in [3.05, 3.63) is 15.6 Å². The van der Waals surface area contributed by atoms with Gasteiger partial charge in [0.15, 0.2) is 11.3 Å². The minimum Gasteiger partial charge on any atom is -0.394 e. The molecule has 0 unspecified atom stereocenters. The number of aliphatic hydroxyl groups is 1. The Balaban J connectivity index is 1.83. The average Bonchev–Trinajstić information content (AvgIpc) is 2.77. The molecule has 1 N–H and O–H groups in total. The minimum absolute atomic E-state index is 0.0711. The van der Waals surface area contributed by atoms with Crippen molar-refractivity contribution >= 4 is 17.6 Å². The molecule has 0 radical (unpaired) electrons. The standard InChI is InChI=1S/C11H16N2O3S/c14-4-6-16-5-3-13-2-1-9-10(7-13)17-11(8-15)12-9/h8,14H,1-7H2. The number of rotatable bonds is 6. The van der Waals surface area contributed by atoms with Crippen molar-refractivity contribution in [3.8, 4) is 0 Å². The van der Waals surface area contributed by atoms with E-state index < -0.39 is 0 Å². The first-order chi connectivity index (χ1) is 8.33. The molecule has 0 amide bonds. The van der Waals surface area contributed by atoms with Gasteiger partial charge in [-0.15, -0.1) is 11.3 Å². The number of hydrogen-bond donors (Lipinski definition) is 1. The maximum Gasteiger partial charge on any atom is 0.178 e. The van der Waals surface area contributed by atoms with Crippen molar-refractivity contribution in [3.63, 3.8) is 0 Å². The molecule has 0 saturated heterocycles. The lowest BCUT2D eigenvalue weighted by Gasteiger charge is -2.25. The van der Waals surface area contributed by atoms with E-state index in [9.17, 15) is 4.79 Å². The first-order valence-electron chi connectivity index (χ1n) is 5.68. The molecule has 1 aromatic rings. The second-order valence-corrected chi connectivity index (χ2v) is 5.02. The lowest BCUT2D eigenvalue weighted by Crippen LogP contribution is -2.32. The van der Waals surface area contributed by atoms with Crippen molar-refractivity contribution in [2.24, 2.45) is 0 Å². The molecule has 1 aliphatic heterocycles. The monoisotopic (exact) mass is 256 g/mol. The molecule has 0 saturated carbocycles. The number of nitrogens with zero attached hydrogens (tertiary/aromatic N) is 2. The minimum atomic E-state index is 0.0711. The van der Waals surface area contributed by atoms with Gasteiger partial charge < -0.3 is 9.84 Å². The highest BCUT2D eigenvalue weighted by Crippen LogP contribution is 2.23. The molecular weight excluding hydrogens is 240 g/mol. The van der Waals surface area contributed by atoms with E-state index in [1.165, 1.54) is 16.2 Å². The first-order valence-corrected chi connectivity index (χ1v) is 6.50. The topological polar surface area (TPSA) is 62.7 Å². The average molecular weight is 256 g/mol.